The van der Waals surface area contributed by atoms with Gasteiger partial charge in [-0.25, -0.2) is 0 Å². The van der Waals surface area contributed by atoms with Gasteiger partial charge >= 0.3 is 0 Å². The zero-order valence-electron chi connectivity index (χ0n) is 14.5. The number of rotatable bonds is 10. The van der Waals surface area contributed by atoms with Crippen molar-refractivity contribution in [3.63, 3.8) is 0 Å². The average molecular weight is 416 g/mol. The van der Waals surface area contributed by atoms with Crippen molar-refractivity contribution in [2.45, 2.75) is 32.1 Å². The predicted molar refractivity (Wildman–Crippen MR) is 77.7 cm³/mol. The molecule has 0 aromatic rings. The van der Waals surface area contributed by atoms with E-state index < -0.39 is 0 Å². The minimum absolute atomic E-state index is 0. The van der Waals surface area contributed by atoms with Gasteiger partial charge in [0.05, 0.1) is 0 Å². The Morgan fingerprint density at radius 1 is 0.385 bits per heavy atom. The molecule has 0 spiro atoms. The molecular formula is C15H25O10V-5. The molecule has 0 N–H and O–H groups in total. The van der Waals surface area contributed by atoms with E-state index in [4.69, 9.17) is 0 Å². The molecule has 10 nitrogen and oxygen atoms in total. The first kappa shape index (κ1) is 39.7. The van der Waals surface area contributed by atoms with Gasteiger partial charge in [-0.3, -0.25) is 0 Å². The molecule has 0 bridgehead atoms. The second-order valence-corrected chi connectivity index (χ2v) is 3.30. The fourth-order valence-corrected chi connectivity index (χ4v) is 0.241. The third-order valence-electron chi connectivity index (χ3n) is 1.18. The van der Waals surface area contributed by atoms with Crippen molar-refractivity contribution >= 4 is 31.4 Å². The number of carbonyl (C=O) groups is 5. The third kappa shape index (κ3) is 141. The normalized spacial score (nSPS) is 7.12. The SMILES string of the molecule is O=CCC[O-].O=CCC[O-].O=CCC[O-].O=CCC[O-].O=CCC[O-].[V]. The van der Waals surface area contributed by atoms with Crippen molar-refractivity contribution < 1.29 is 68.1 Å². The van der Waals surface area contributed by atoms with Crippen molar-refractivity contribution in [1.82, 2.24) is 0 Å². The molecule has 11 heteroatoms. The summed E-state index contributed by atoms with van der Waals surface area (Å²) in [5.74, 6) is 0. The maximum Gasteiger partial charge on any atom is 0.118 e. The van der Waals surface area contributed by atoms with Crippen LogP contribution in [0.3, 0.4) is 0 Å². The molecule has 0 heterocycles. The quantitative estimate of drug-likeness (QED) is 0.310. The molecular weight excluding hydrogens is 391 g/mol. The maximum atomic E-state index is 9.30. The molecule has 0 aromatic carbocycles. The summed E-state index contributed by atoms with van der Waals surface area (Å²) in [7, 11) is 0. The Morgan fingerprint density at radius 2 is 0.500 bits per heavy atom. The van der Waals surface area contributed by atoms with Gasteiger partial charge in [0.25, 0.3) is 0 Å². The molecule has 0 saturated heterocycles. The smallest absolute Gasteiger partial charge is 0.118 e. The van der Waals surface area contributed by atoms with Gasteiger partial charge in [0.15, 0.2) is 0 Å². The van der Waals surface area contributed by atoms with Gasteiger partial charge in [0.1, 0.15) is 31.4 Å². The monoisotopic (exact) mass is 416 g/mol. The van der Waals surface area contributed by atoms with E-state index in [2.05, 4.69) is 0 Å². The molecule has 26 heavy (non-hydrogen) atoms. The van der Waals surface area contributed by atoms with E-state index in [1.165, 1.54) is 0 Å². The van der Waals surface area contributed by atoms with Crippen LogP contribution in [0.1, 0.15) is 32.1 Å². The Morgan fingerprint density at radius 3 is 0.500 bits per heavy atom. The van der Waals surface area contributed by atoms with E-state index in [0.29, 0.717) is 31.4 Å². The number of carbonyl (C=O) groups excluding carboxylic acids is 5. The second kappa shape index (κ2) is 65.0. The summed E-state index contributed by atoms with van der Waals surface area (Å²) in [5, 5.41) is 46.5. The van der Waals surface area contributed by atoms with Gasteiger partial charge in [-0.1, -0.05) is 0 Å². The number of hydrogen-bond donors (Lipinski definition) is 0. The van der Waals surface area contributed by atoms with Gasteiger partial charge in [-0.2, -0.15) is 0 Å². The topological polar surface area (TPSA) is 201 Å². The van der Waals surface area contributed by atoms with Crippen LogP contribution in [0.4, 0.5) is 0 Å². The Bertz CT molecular complexity index is 195. The summed E-state index contributed by atoms with van der Waals surface area (Å²) in [6.45, 7) is -1.37. The zero-order chi connectivity index (χ0) is 20.6. The van der Waals surface area contributed by atoms with E-state index in [-0.39, 0.29) is 83.7 Å². The number of aldehydes is 5. The summed E-state index contributed by atoms with van der Waals surface area (Å²) in [5.41, 5.74) is 0. The average Bonchev–Trinajstić information content (AvgIpc) is 2.61. The Balaban J connectivity index is -0.0000000476. The molecule has 0 rings (SSSR count). The van der Waals surface area contributed by atoms with Gasteiger partial charge in [-0.15, -0.1) is 33.0 Å². The van der Waals surface area contributed by atoms with Gasteiger partial charge in [-0.05, 0) is 32.1 Å². The molecule has 0 fully saturated rings. The Hall–Kier alpha value is -1.27. The van der Waals surface area contributed by atoms with Crippen LogP contribution in [0.5, 0.6) is 0 Å². The van der Waals surface area contributed by atoms with E-state index in [0.717, 1.165) is 0 Å². The molecule has 0 amide bonds. The Kier molecular flexibility index (Phi) is 99.3. The largest absolute Gasteiger partial charge is 0.854 e. The van der Waals surface area contributed by atoms with Crippen LogP contribution in [0.2, 0.25) is 0 Å². The summed E-state index contributed by atoms with van der Waals surface area (Å²) < 4.78 is 0. The zero-order valence-corrected chi connectivity index (χ0v) is 15.9. The van der Waals surface area contributed by atoms with Gasteiger partial charge < -0.3 is 49.5 Å². The molecule has 0 saturated carbocycles. The molecule has 0 unspecified atom stereocenters. The molecule has 0 aliphatic carbocycles. The third-order valence-corrected chi connectivity index (χ3v) is 1.18. The Labute approximate surface area is 165 Å². The second-order valence-electron chi connectivity index (χ2n) is 3.30. The van der Waals surface area contributed by atoms with Crippen LogP contribution in [-0.4, -0.2) is 64.5 Å². The standard InChI is InChI=1S/5C3H5O2.V/c5*4-2-1-3-5;/h5*2H,1,3H2;/q5*-1;. The van der Waals surface area contributed by atoms with Crippen molar-refractivity contribution in [1.29, 1.82) is 0 Å². The molecule has 1 radical (unpaired) electrons. The summed E-state index contributed by atoms with van der Waals surface area (Å²) in [6, 6.07) is 0. The number of hydrogen-bond acceptors (Lipinski definition) is 10. The summed E-state index contributed by atoms with van der Waals surface area (Å²) in [6.07, 6.45) is 3.85. The first-order valence-corrected chi connectivity index (χ1v) is 7.16. The van der Waals surface area contributed by atoms with Crippen molar-refractivity contribution in [3.8, 4) is 0 Å². The van der Waals surface area contributed by atoms with Crippen LogP contribution in [0.25, 0.3) is 0 Å². The first-order valence-electron chi connectivity index (χ1n) is 7.16. The summed E-state index contributed by atoms with van der Waals surface area (Å²) in [4.78, 5) is 46.0. The minimum atomic E-state index is -0.274. The summed E-state index contributed by atoms with van der Waals surface area (Å²) >= 11 is 0. The van der Waals surface area contributed by atoms with Crippen molar-refractivity contribution in [3.05, 3.63) is 0 Å². The molecule has 155 valence electrons. The van der Waals surface area contributed by atoms with Crippen LogP contribution in [0.15, 0.2) is 0 Å². The van der Waals surface area contributed by atoms with Gasteiger partial charge in [0.2, 0.25) is 0 Å². The predicted octanol–water partition coefficient (Wildman–Crippen LogP) is -5.32. The minimum Gasteiger partial charge on any atom is -0.854 e. The molecule has 0 aliphatic rings. The fourth-order valence-electron chi connectivity index (χ4n) is 0.241. The van der Waals surface area contributed by atoms with E-state index >= 15 is 0 Å². The molecule has 0 aliphatic heterocycles. The molecule has 0 atom stereocenters. The van der Waals surface area contributed by atoms with Crippen LogP contribution < -0.4 is 25.5 Å². The maximum absolute atomic E-state index is 9.30. The first-order chi connectivity index (χ1) is 12.1. The van der Waals surface area contributed by atoms with E-state index in [1.807, 2.05) is 0 Å². The molecule has 0 aromatic heterocycles. The van der Waals surface area contributed by atoms with Crippen molar-refractivity contribution in [2.75, 3.05) is 33.0 Å². The van der Waals surface area contributed by atoms with Crippen LogP contribution in [0, 0.1) is 0 Å². The van der Waals surface area contributed by atoms with Crippen LogP contribution in [-0.2, 0) is 42.5 Å². The fraction of sp³-hybridized carbons (Fsp3) is 0.667. The van der Waals surface area contributed by atoms with E-state index in [1.54, 1.807) is 0 Å². The van der Waals surface area contributed by atoms with Gasteiger partial charge in [0, 0.05) is 18.6 Å². The van der Waals surface area contributed by atoms with E-state index in [9.17, 15) is 49.5 Å². The van der Waals surface area contributed by atoms with Crippen LogP contribution >= 0.6 is 0 Å². The van der Waals surface area contributed by atoms with Crippen molar-refractivity contribution in [2.24, 2.45) is 0 Å².